The molecule has 2 aromatic carbocycles. The Morgan fingerprint density at radius 2 is 0.913 bits per heavy atom. The number of para-hydroxylation sites is 2. The summed E-state index contributed by atoms with van der Waals surface area (Å²) < 4.78 is 18.2. The molecule has 4 rings (SSSR count). The first-order chi connectivity index (χ1) is 22.3. The maximum atomic E-state index is 12.5. The number of rotatable bonds is 18. The van der Waals surface area contributed by atoms with Gasteiger partial charge in [0, 0.05) is 29.4 Å². The van der Waals surface area contributed by atoms with Crippen molar-refractivity contribution in [1.82, 2.24) is 0 Å². The zero-order valence-electron chi connectivity index (χ0n) is 25.4. The second-order valence-corrected chi connectivity index (χ2v) is 19.8. The van der Waals surface area contributed by atoms with Crippen LogP contribution in [0.5, 0.6) is 11.5 Å². The predicted octanol–water partition coefficient (Wildman–Crippen LogP) is 11.2. The van der Waals surface area contributed by atoms with Crippen molar-refractivity contribution >= 4 is 112 Å². The highest BCUT2D eigenvalue weighted by Gasteiger charge is 2.31. The predicted molar refractivity (Wildman–Crippen MR) is 209 cm³/mol. The molecule has 5 nitrogen and oxygen atoms in total. The van der Waals surface area contributed by atoms with Crippen LogP contribution in [-0.4, -0.2) is 40.7 Å². The first kappa shape index (κ1) is 37.6. The monoisotopic (exact) mass is 766 g/mol. The van der Waals surface area contributed by atoms with Gasteiger partial charge in [-0.3, -0.25) is 14.4 Å². The van der Waals surface area contributed by atoms with E-state index in [1.165, 1.54) is 22.5 Å². The molecule has 0 atom stereocenters. The van der Waals surface area contributed by atoms with E-state index >= 15 is 0 Å². The molecule has 0 amide bonds. The summed E-state index contributed by atoms with van der Waals surface area (Å²) in [6.07, 6.45) is 2.09. The van der Waals surface area contributed by atoms with E-state index in [0.717, 1.165) is 26.4 Å². The summed E-state index contributed by atoms with van der Waals surface area (Å²) in [5.41, 5.74) is 1.17. The molecule has 244 valence electrons. The lowest BCUT2D eigenvalue weighted by atomic mass is 10.3. The number of ketones is 1. The molecule has 0 spiro atoms. The van der Waals surface area contributed by atoms with Gasteiger partial charge >= 0.3 is 11.9 Å². The summed E-state index contributed by atoms with van der Waals surface area (Å²) >= 11 is 14.0. The number of carbonyl (C=O) groups is 3. The van der Waals surface area contributed by atoms with Crippen molar-refractivity contribution in [1.29, 1.82) is 0 Å². The quantitative estimate of drug-likeness (QED) is 0.0822. The van der Waals surface area contributed by atoms with Crippen LogP contribution in [-0.2, 0) is 14.4 Å². The molecule has 46 heavy (non-hydrogen) atoms. The number of thioether (sulfide) groups is 8. The Kier molecular flexibility index (Phi) is 16.6. The van der Waals surface area contributed by atoms with E-state index in [1.807, 2.05) is 48.2 Å². The maximum absolute atomic E-state index is 12.5. The summed E-state index contributed by atoms with van der Waals surface area (Å²) in [6, 6.07) is 18.2. The third kappa shape index (κ3) is 13.4. The van der Waals surface area contributed by atoms with Crippen LogP contribution in [0, 0.1) is 0 Å². The average molecular weight is 767 g/mol. The fourth-order valence-corrected chi connectivity index (χ4v) is 15.7. The van der Waals surface area contributed by atoms with E-state index < -0.39 is 0 Å². The standard InChI is InChI=1S/C33H34O5S8/c1-22(2)14-18-39-28-29(40-19-15-23(3)34)44-32(43-28)33-45-30(41-20-16-26(35)37-24-10-6-4-7-11-24)31(46-33)42-21-17-27(36)38-25-12-8-5-9-13-25/h4-13H,1,14-21H2,2-3H3. The number of carbonyl (C=O) groups excluding carboxylic acids is 3. The van der Waals surface area contributed by atoms with Gasteiger partial charge in [-0.25, -0.2) is 0 Å². The number of ether oxygens (including phenoxy) is 2. The van der Waals surface area contributed by atoms with Crippen LogP contribution in [0.4, 0.5) is 0 Å². The van der Waals surface area contributed by atoms with Crippen molar-refractivity contribution in [3.63, 3.8) is 0 Å². The molecular weight excluding hydrogens is 733 g/mol. The Morgan fingerprint density at radius 1 is 0.565 bits per heavy atom. The summed E-state index contributed by atoms with van der Waals surface area (Å²) in [4.78, 5) is 36.6. The number of allylic oxidation sites excluding steroid dienone is 1. The zero-order valence-corrected chi connectivity index (χ0v) is 32.0. The Balaban J connectivity index is 1.40. The van der Waals surface area contributed by atoms with Gasteiger partial charge in [0.15, 0.2) is 0 Å². The van der Waals surface area contributed by atoms with Crippen molar-refractivity contribution in [2.45, 2.75) is 39.5 Å². The van der Waals surface area contributed by atoms with Crippen LogP contribution in [0.3, 0.4) is 0 Å². The lowest BCUT2D eigenvalue weighted by Gasteiger charge is -2.06. The van der Waals surface area contributed by atoms with Gasteiger partial charge in [0.05, 0.1) is 38.3 Å². The van der Waals surface area contributed by atoms with Crippen LogP contribution in [0.2, 0.25) is 0 Å². The van der Waals surface area contributed by atoms with Gasteiger partial charge in [-0.1, -0.05) is 89.0 Å². The van der Waals surface area contributed by atoms with Crippen molar-refractivity contribution in [3.8, 4) is 11.5 Å². The smallest absolute Gasteiger partial charge is 0.312 e. The van der Waals surface area contributed by atoms with Crippen LogP contribution in [0.1, 0.15) is 39.5 Å². The highest BCUT2D eigenvalue weighted by atomic mass is 32.3. The molecule has 0 radical (unpaired) electrons. The van der Waals surface area contributed by atoms with Crippen molar-refractivity contribution in [2.75, 3.05) is 23.0 Å². The van der Waals surface area contributed by atoms with Gasteiger partial charge in [-0.2, -0.15) is 0 Å². The second-order valence-electron chi connectivity index (χ2n) is 9.76. The minimum absolute atomic E-state index is 0.202. The number of hydrogen-bond acceptors (Lipinski definition) is 13. The zero-order chi connectivity index (χ0) is 32.7. The number of Topliss-reactive ketones (excluding diaryl/α,β-unsaturated/α-hetero) is 1. The number of benzene rings is 2. The highest BCUT2D eigenvalue weighted by molar-refractivity contribution is 8.45. The van der Waals surface area contributed by atoms with E-state index in [0.29, 0.717) is 29.4 Å². The fraction of sp³-hybridized carbons (Fsp3) is 0.303. The Bertz CT molecular complexity index is 1380. The van der Waals surface area contributed by atoms with E-state index in [4.69, 9.17) is 9.47 Å². The van der Waals surface area contributed by atoms with E-state index in [-0.39, 0.29) is 30.6 Å². The SMILES string of the molecule is C=C(C)CCSC1=C(SCCC(C)=O)SC(=C2SC(SCCC(=O)Oc3ccccc3)=C(SCCC(=O)Oc3ccccc3)S2)S1. The fourth-order valence-electron chi connectivity index (χ4n) is 3.47. The molecule has 0 N–H and O–H groups in total. The lowest BCUT2D eigenvalue weighted by Crippen LogP contribution is -2.08. The Morgan fingerprint density at radius 3 is 1.26 bits per heavy atom. The summed E-state index contributed by atoms with van der Waals surface area (Å²) in [5, 5.41) is 0. The second kappa shape index (κ2) is 20.4. The molecule has 0 fully saturated rings. The van der Waals surface area contributed by atoms with Gasteiger partial charge in [-0.15, -0.1) is 53.6 Å². The number of esters is 2. The van der Waals surface area contributed by atoms with Crippen molar-refractivity contribution in [2.24, 2.45) is 0 Å². The molecule has 13 heteroatoms. The molecule has 2 aromatic rings. The summed E-state index contributed by atoms with van der Waals surface area (Å²) in [5.74, 6) is 3.68. The maximum Gasteiger partial charge on any atom is 0.312 e. The molecule has 0 unspecified atom stereocenters. The van der Waals surface area contributed by atoms with Gasteiger partial charge in [-0.05, 0) is 44.5 Å². The minimum atomic E-state index is -0.263. The topological polar surface area (TPSA) is 69.7 Å². The molecular formula is C33H34O5S8. The molecule has 0 saturated carbocycles. The normalized spacial score (nSPS) is 14.7. The largest absolute Gasteiger partial charge is 0.427 e. The first-order valence-corrected chi connectivity index (χ1v) is 21.6. The van der Waals surface area contributed by atoms with Crippen LogP contribution in [0.15, 0.2) is 98.2 Å². The van der Waals surface area contributed by atoms with Gasteiger partial charge in [0.2, 0.25) is 0 Å². The summed E-state index contributed by atoms with van der Waals surface area (Å²) in [6.45, 7) is 7.74. The van der Waals surface area contributed by atoms with Crippen molar-refractivity contribution in [3.05, 3.63) is 98.2 Å². The van der Waals surface area contributed by atoms with Crippen LogP contribution < -0.4 is 9.47 Å². The molecule has 2 heterocycles. The van der Waals surface area contributed by atoms with Gasteiger partial charge in [0.25, 0.3) is 0 Å². The summed E-state index contributed by atoms with van der Waals surface area (Å²) in [7, 11) is 0. The van der Waals surface area contributed by atoms with E-state index in [9.17, 15) is 14.4 Å². The minimum Gasteiger partial charge on any atom is -0.427 e. The van der Waals surface area contributed by atoms with Crippen LogP contribution >= 0.6 is 94.1 Å². The molecule has 2 aliphatic rings. The number of hydrogen-bond donors (Lipinski definition) is 0. The average Bonchev–Trinajstić information content (AvgIpc) is 3.62. The molecule has 0 saturated heterocycles. The van der Waals surface area contributed by atoms with E-state index in [1.54, 1.807) is 114 Å². The molecule has 0 aliphatic carbocycles. The van der Waals surface area contributed by atoms with Gasteiger partial charge < -0.3 is 9.47 Å². The third-order valence-electron chi connectivity index (χ3n) is 5.72. The lowest BCUT2D eigenvalue weighted by molar-refractivity contribution is -0.134. The molecule has 2 aliphatic heterocycles. The molecule has 0 aromatic heterocycles. The third-order valence-corrected chi connectivity index (χ3v) is 17.3. The molecule has 0 bridgehead atoms. The Labute approximate surface area is 305 Å². The van der Waals surface area contributed by atoms with Gasteiger partial charge in [0.1, 0.15) is 17.3 Å². The van der Waals surface area contributed by atoms with Crippen molar-refractivity contribution < 1.29 is 23.9 Å². The van der Waals surface area contributed by atoms with E-state index in [2.05, 4.69) is 13.5 Å². The Hall–Kier alpha value is -1.19. The van der Waals surface area contributed by atoms with Crippen LogP contribution in [0.25, 0.3) is 0 Å². The first-order valence-electron chi connectivity index (χ1n) is 14.4. The highest BCUT2D eigenvalue weighted by Crippen LogP contribution is 2.66.